The summed E-state index contributed by atoms with van der Waals surface area (Å²) in [7, 11) is 0. The summed E-state index contributed by atoms with van der Waals surface area (Å²) in [6.45, 7) is 2.25. The highest BCUT2D eigenvalue weighted by molar-refractivity contribution is 5.97. The first-order valence-electron chi connectivity index (χ1n) is 7.42. The largest absolute Gasteiger partial charge is 0.459 e. The van der Waals surface area contributed by atoms with Crippen molar-refractivity contribution in [2.45, 2.75) is 13.3 Å². The summed E-state index contributed by atoms with van der Waals surface area (Å²) < 4.78 is 9.73. The van der Waals surface area contributed by atoms with Gasteiger partial charge in [-0.2, -0.15) is 0 Å². The Kier molecular flexibility index (Phi) is 4.32. The minimum absolute atomic E-state index is 0.122. The lowest BCUT2D eigenvalue weighted by atomic mass is 10.2. The highest BCUT2D eigenvalue weighted by Crippen LogP contribution is 2.17. The number of nitrogens with zero attached hydrogens (tertiary/aromatic N) is 3. The van der Waals surface area contributed by atoms with Crippen LogP contribution in [0.15, 0.2) is 33.6 Å². The lowest BCUT2D eigenvalue weighted by Gasteiger charge is -2.27. The molecule has 3 rings (SSSR count). The Balaban J connectivity index is 1.62. The van der Waals surface area contributed by atoms with E-state index in [1.165, 1.54) is 28.6 Å². The molecule has 0 saturated carbocycles. The molecule has 0 spiro atoms. The number of aromatic nitrogens is 1. The molecule has 1 aliphatic rings. The number of aryl methyl sites for hydroxylation is 1. The summed E-state index contributed by atoms with van der Waals surface area (Å²) in [5.74, 6) is -1.09. The maximum absolute atomic E-state index is 12.5. The molecule has 2 aromatic rings. The van der Waals surface area contributed by atoms with Crippen LogP contribution in [0.1, 0.15) is 33.0 Å². The van der Waals surface area contributed by atoms with Crippen molar-refractivity contribution in [1.82, 2.24) is 20.5 Å². The van der Waals surface area contributed by atoms with Gasteiger partial charge in [0.25, 0.3) is 17.7 Å². The highest BCUT2D eigenvalue weighted by Gasteiger charge is 2.32. The Hall–Kier alpha value is -3.10. The van der Waals surface area contributed by atoms with E-state index >= 15 is 0 Å². The predicted molar refractivity (Wildman–Crippen MR) is 79.6 cm³/mol. The number of carbonyl (C=O) groups is 3. The van der Waals surface area contributed by atoms with Gasteiger partial charge in [0.15, 0.2) is 5.76 Å². The maximum atomic E-state index is 12.5. The molecular weight excluding hydrogens is 316 g/mol. The van der Waals surface area contributed by atoms with E-state index in [9.17, 15) is 14.4 Å². The average Bonchev–Trinajstić information content (AvgIpc) is 3.31. The molecule has 0 unspecified atom stereocenters. The van der Waals surface area contributed by atoms with Gasteiger partial charge in [-0.1, -0.05) is 5.16 Å². The molecule has 1 fully saturated rings. The molecule has 3 amide bonds. The molecule has 1 N–H and O–H groups in total. The van der Waals surface area contributed by atoms with Gasteiger partial charge in [0, 0.05) is 13.1 Å². The zero-order valence-corrected chi connectivity index (χ0v) is 13.0. The molecular formula is C15H16N4O5. The van der Waals surface area contributed by atoms with Crippen LogP contribution in [0.4, 0.5) is 0 Å². The average molecular weight is 332 g/mol. The predicted octanol–water partition coefficient (Wildman–Crippen LogP) is 0.596. The lowest BCUT2D eigenvalue weighted by molar-refractivity contribution is -0.139. The molecule has 9 nitrogen and oxygen atoms in total. The van der Waals surface area contributed by atoms with Gasteiger partial charge in [0.1, 0.15) is 11.8 Å². The van der Waals surface area contributed by atoms with Gasteiger partial charge in [-0.05, 0) is 25.5 Å². The van der Waals surface area contributed by atoms with Crippen LogP contribution in [0, 0.1) is 6.92 Å². The zero-order chi connectivity index (χ0) is 17.1. The zero-order valence-electron chi connectivity index (χ0n) is 13.0. The minimum atomic E-state index is -0.486. The van der Waals surface area contributed by atoms with E-state index in [0.717, 1.165) is 0 Å². The smallest absolute Gasteiger partial charge is 0.287 e. The number of nitrogens with one attached hydrogen (secondary N) is 1. The number of hydrogen-bond donors (Lipinski definition) is 1. The van der Waals surface area contributed by atoms with Gasteiger partial charge in [0.05, 0.1) is 18.5 Å². The molecule has 0 radical (unpaired) electrons. The summed E-state index contributed by atoms with van der Waals surface area (Å²) in [5.41, 5.74) is 0.778. The third-order valence-electron chi connectivity index (χ3n) is 3.68. The number of furan rings is 1. The molecule has 1 saturated heterocycles. The SMILES string of the molecule is Cc1nocc1C(=O)N1CCCN1C(=O)CNC(=O)c1ccco1. The van der Waals surface area contributed by atoms with Crippen molar-refractivity contribution in [3.8, 4) is 0 Å². The van der Waals surface area contributed by atoms with E-state index in [4.69, 9.17) is 8.94 Å². The summed E-state index contributed by atoms with van der Waals surface area (Å²) in [6.07, 6.45) is 3.30. The number of amides is 3. The standard InChI is InChI=1S/C15H16N4O5/c1-10-11(9-24-17-10)15(22)19-6-3-5-18(19)13(20)8-16-14(21)12-4-2-7-23-12/h2,4,7,9H,3,5-6,8H2,1H3,(H,16,21). The van der Waals surface area contributed by atoms with Crippen LogP contribution in [0.2, 0.25) is 0 Å². The summed E-state index contributed by atoms with van der Waals surface area (Å²) in [4.78, 5) is 36.6. The lowest BCUT2D eigenvalue weighted by Crippen LogP contribution is -2.48. The van der Waals surface area contributed by atoms with E-state index in [0.29, 0.717) is 30.8 Å². The van der Waals surface area contributed by atoms with Crippen LogP contribution in [0.3, 0.4) is 0 Å². The Morgan fingerprint density at radius 3 is 2.75 bits per heavy atom. The Morgan fingerprint density at radius 1 is 1.29 bits per heavy atom. The highest BCUT2D eigenvalue weighted by atomic mass is 16.5. The summed E-state index contributed by atoms with van der Waals surface area (Å²) in [6, 6.07) is 3.08. The Morgan fingerprint density at radius 2 is 2.08 bits per heavy atom. The van der Waals surface area contributed by atoms with E-state index in [2.05, 4.69) is 10.5 Å². The van der Waals surface area contributed by atoms with Crippen LogP contribution in [0.25, 0.3) is 0 Å². The number of hydrazine groups is 1. The van der Waals surface area contributed by atoms with E-state index in [1.807, 2.05) is 0 Å². The molecule has 0 aliphatic carbocycles. The number of rotatable bonds is 4. The fraction of sp³-hybridized carbons (Fsp3) is 0.333. The van der Waals surface area contributed by atoms with Crippen molar-refractivity contribution in [3.63, 3.8) is 0 Å². The van der Waals surface area contributed by atoms with Crippen molar-refractivity contribution >= 4 is 17.7 Å². The van der Waals surface area contributed by atoms with E-state index in [1.54, 1.807) is 13.0 Å². The second kappa shape index (κ2) is 6.57. The monoisotopic (exact) mass is 332 g/mol. The molecule has 0 aromatic carbocycles. The number of carbonyl (C=O) groups excluding carboxylic acids is 3. The topological polar surface area (TPSA) is 109 Å². The molecule has 1 aliphatic heterocycles. The van der Waals surface area contributed by atoms with Crippen molar-refractivity contribution in [1.29, 1.82) is 0 Å². The van der Waals surface area contributed by atoms with Crippen LogP contribution >= 0.6 is 0 Å². The third-order valence-corrected chi connectivity index (χ3v) is 3.68. The van der Waals surface area contributed by atoms with Crippen LogP contribution in [-0.4, -0.2) is 52.5 Å². The third kappa shape index (κ3) is 3.00. The van der Waals surface area contributed by atoms with E-state index in [-0.39, 0.29) is 24.1 Å². The normalized spacial score (nSPS) is 14.0. The van der Waals surface area contributed by atoms with Crippen LogP contribution < -0.4 is 5.32 Å². The Bertz CT molecular complexity index is 752. The fourth-order valence-corrected chi connectivity index (χ4v) is 2.46. The molecule has 2 aromatic heterocycles. The van der Waals surface area contributed by atoms with Gasteiger partial charge < -0.3 is 14.3 Å². The van der Waals surface area contributed by atoms with Crippen molar-refractivity contribution in [3.05, 3.63) is 41.7 Å². The molecule has 9 heteroatoms. The minimum Gasteiger partial charge on any atom is -0.459 e. The van der Waals surface area contributed by atoms with Gasteiger partial charge in [-0.15, -0.1) is 0 Å². The van der Waals surface area contributed by atoms with Crippen LogP contribution in [-0.2, 0) is 4.79 Å². The first-order valence-corrected chi connectivity index (χ1v) is 7.42. The number of hydrogen-bond acceptors (Lipinski definition) is 6. The van der Waals surface area contributed by atoms with Crippen molar-refractivity contribution in [2.24, 2.45) is 0 Å². The van der Waals surface area contributed by atoms with Crippen LogP contribution in [0.5, 0.6) is 0 Å². The molecule has 24 heavy (non-hydrogen) atoms. The molecule has 0 atom stereocenters. The van der Waals surface area contributed by atoms with Gasteiger partial charge in [-0.25, -0.2) is 10.0 Å². The second-order valence-electron chi connectivity index (χ2n) is 5.27. The Labute approximate surface area is 137 Å². The van der Waals surface area contributed by atoms with Crippen molar-refractivity contribution < 1.29 is 23.3 Å². The van der Waals surface area contributed by atoms with Crippen molar-refractivity contribution in [2.75, 3.05) is 19.6 Å². The fourth-order valence-electron chi connectivity index (χ4n) is 2.46. The van der Waals surface area contributed by atoms with E-state index < -0.39 is 5.91 Å². The molecule has 0 bridgehead atoms. The van der Waals surface area contributed by atoms with Gasteiger partial charge in [0.2, 0.25) is 0 Å². The first kappa shape index (κ1) is 15.8. The van der Waals surface area contributed by atoms with Gasteiger partial charge >= 0.3 is 0 Å². The maximum Gasteiger partial charge on any atom is 0.287 e. The summed E-state index contributed by atoms with van der Waals surface area (Å²) in [5, 5.41) is 8.83. The molecule has 3 heterocycles. The quantitative estimate of drug-likeness (QED) is 0.878. The first-order chi connectivity index (χ1) is 11.6. The van der Waals surface area contributed by atoms with Gasteiger partial charge in [-0.3, -0.25) is 14.4 Å². The molecule has 126 valence electrons. The second-order valence-corrected chi connectivity index (χ2v) is 5.27. The summed E-state index contributed by atoms with van der Waals surface area (Å²) >= 11 is 0.